The molecule has 0 bridgehead atoms. The topological polar surface area (TPSA) is 122 Å². The fourth-order valence-electron chi connectivity index (χ4n) is 4.52. The van der Waals surface area contributed by atoms with Crippen LogP contribution in [0, 0.1) is 10.1 Å². The zero-order valence-corrected chi connectivity index (χ0v) is 17.4. The van der Waals surface area contributed by atoms with E-state index in [-0.39, 0.29) is 41.6 Å². The Morgan fingerprint density at radius 2 is 1.75 bits per heavy atom. The highest BCUT2D eigenvalue weighted by Gasteiger charge is 2.46. The summed E-state index contributed by atoms with van der Waals surface area (Å²) < 4.78 is 0. The molecule has 0 radical (unpaired) electrons. The number of carbonyl (C=O) groups is 3. The second-order valence-corrected chi connectivity index (χ2v) is 8.12. The fourth-order valence-corrected chi connectivity index (χ4v) is 4.52. The van der Waals surface area contributed by atoms with Gasteiger partial charge in [-0.05, 0) is 37.1 Å². The van der Waals surface area contributed by atoms with Gasteiger partial charge in [-0.15, -0.1) is 0 Å². The third-order valence-corrected chi connectivity index (χ3v) is 6.05. The molecule has 9 heteroatoms. The van der Waals surface area contributed by atoms with Crippen LogP contribution in [0.2, 0.25) is 0 Å². The first-order chi connectivity index (χ1) is 15.4. The highest BCUT2D eigenvalue weighted by molar-refractivity contribution is 6.01. The van der Waals surface area contributed by atoms with E-state index in [4.69, 9.17) is 0 Å². The van der Waals surface area contributed by atoms with Crippen LogP contribution in [0.3, 0.4) is 0 Å². The van der Waals surface area contributed by atoms with Crippen molar-refractivity contribution >= 4 is 29.1 Å². The van der Waals surface area contributed by atoms with Crippen molar-refractivity contribution in [3.05, 3.63) is 70.3 Å². The summed E-state index contributed by atoms with van der Waals surface area (Å²) in [5, 5.41) is 16.7. The molecule has 1 saturated carbocycles. The van der Waals surface area contributed by atoms with Crippen molar-refractivity contribution in [1.29, 1.82) is 0 Å². The predicted octanol–water partition coefficient (Wildman–Crippen LogP) is 2.88. The first kappa shape index (κ1) is 21.5. The number of para-hydroxylation sites is 1. The van der Waals surface area contributed by atoms with Crippen molar-refractivity contribution < 1.29 is 19.3 Å². The third-order valence-electron chi connectivity index (χ3n) is 6.05. The monoisotopic (exact) mass is 436 g/mol. The number of rotatable bonds is 5. The van der Waals surface area contributed by atoms with Gasteiger partial charge in [-0.2, -0.15) is 0 Å². The second kappa shape index (κ2) is 9.17. The lowest BCUT2D eigenvalue weighted by molar-refractivity contribution is -0.384. The van der Waals surface area contributed by atoms with Crippen molar-refractivity contribution in [2.45, 2.75) is 50.2 Å². The van der Waals surface area contributed by atoms with Gasteiger partial charge in [0, 0.05) is 29.4 Å². The van der Waals surface area contributed by atoms with Crippen molar-refractivity contribution in [2.75, 3.05) is 5.32 Å². The first-order valence-electron chi connectivity index (χ1n) is 10.7. The van der Waals surface area contributed by atoms with Crippen molar-refractivity contribution in [2.24, 2.45) is 0 Å². The van der Waals surface area contributed by atoms with Crippen molar-refractivity contribution in [3.8, 4) is 0 Å². The van der Waals surface area contributed by atoms with E-state index in [0.717, 1.165) is 25.7 Å². The summed E-state index contributed by atoms with van der Waals surface area (Å²) in [6, 6.07) is 12.9. The minimum atomic E-state index is -0.958. The minimum absolute atomic E-state index is 0.118. The van der Waals surface area contributed by atoms with Gasteiger partial charge in [0.25, 0.3) is 11.6 Å². The van der Waals surface area contributed by atoms with Crippen LogP contribution >= 0.6 is 0 Å². The van der Waals surface area contributed by atoms with E-state index in [0.29, 0.717) is 5.69 Å². The molecule has 2 aromatic rings. The van der Waals surface area contributed by atoms with Gasteiger partial charge in [-0.3, -0.25) is 24.5 Å². The number of non-ortho nitro benzene ring substituents is 1. The second-order valence-electron chi connectivity index (χ2n) is 8.12. The van der Waals surface area contributed by atoms with Crippen LogP contribution in [0.15, 0.2) is 54.6 Å². The van der Waals surface area contributed by atoms with E-state index in [9.17, 15) is 24.5 Å². The van der Waals surface area contributed by atoms with Crippen LogP contribution in [0.4, 0.5) is 11.4 Å². The smallest absolute Gasteiger partial charge is 0.269 e. The number of carbonyl (C=O) groups excluding carboxylic acids is 3. The Morgan fingerprint density at radius 1 is 1.06 bits per heavy atom. The highest BCUT2D eigenvalue weighted by Crippen LogP contribution is 2.31. The lowest BCUT2D eigenvalue weighted by Crippen LogP contribution is -2.68. The quantitative estimate of drug-likeness (QED) is 0.551. The van der Waals surface area contributed by atoms with Crippen LogP contribution in [-0.4, -0.2) is 45.7 Å². The lowest BCUT2D eigenvalue weighted by Gasteiger charge is -2.48. The number of nitro benzene ring substituents is 1. The molecule has 2 fully saturated rings. The SMILES string of the molecule is O=C(C[C@H]1C(=O)N[C@H]2CCCC[C@@H]2N1C(=O)c1ccc([N+](=O)[O-])cc1)Nc1ccccc1. The number of nitrogens with zero attached hydrogens (tertiary/aromatic N) is 2. The van der Waals surface area contributed by atoms with Gasteiger partial charge in [0.2, 0.25) is 11.8 Å². The van der Waals surface area contributed by atoms with Crippen LogP contribution < -0.4 is 10.6 Å². The predicted molar refractivity (Wildman–Crippen MR) is 117 cm³/mol. The molecule has 1 saturated heterocycles. The van der Waals surface area contributed by atoms with Crippen LogP contribution in [0.1, 0.15) is 42.5 Å². The van der Waals surface area contributed by atoms with Gasteiger partial charge < -0.3 is 15.5 Å². The molecule has 3 amide bonds. The molecule has 2 N–H and O–H groups in total. The molecule has 4 rings (SSSR count). The molecule has 2 aliphatic rings. The van der Waals surface area contributed by atoms with Gasteiger partial charge in [0.1, 0.15) is 6.04 Å². The fraction of sp³-hybridized carbons (Fsp3) is 0.348. The van der Waals surface area contributed by atoms with Gasteiger partial charge in [-0.1, -0.05) is 31.0 Å². The summed E-state index contributed by atoms with van der Waals surface area (Å²) in [6.07, 6.45) is 3.19. The summed E-state index contributed by atoms with van der Waals surface area (Å²) in [7, 11) is 0. The Hall–Kier alpha value is -3.75. The number of amides is 3. The Balaban J connectivity index is 1.60. The molecule has 2 aromatic carbocycles. The van der Waals surface area contributed by atoms with E-state index < -0.39 is 16.9 Å². The lowest BCUT2D eigenvalue weighted by atomic mass is 9.84. The Labute approximate surface area is 184 Å². The van der Waals surface area contributed by atoms with Crippen LogP contribution in [0.25, 0.3) is 0 Å². The average Bonchev–Trinajstić information content (AvgIpc) is 2.80. The standard InChI is InChI=1S/C23H24N4O5/c28-21(24-16-6-2-1-3-7-16)14-20-22(29)25-18-8-4-5-9-19(18)26(20)23(30)15-10-12-17(13-11-15)27(31)32/h1-3,6-7,10-13,18-20H,4-5,8-9,14H2,(H,24,28)(H,25,29)/t18-,19-,20-/m0/s1. The Kier molecular flexibility index (Phi) is 6.16. The minimum Gasteiger partial charge on any atom is -0.349 e. The molecule has 1 heterocycles. The molecule has 0 aromatic heterocycles. The number of benzene rings is 2. The van der Waals surface area contributed by atoms with Gasteiger partial charge in [-0.25, -0.2) is 0 Å². The maximum Gasteiger partial charge on any atom is 0.269 e. The van der Waals surface area contributed by atoms with Crippen LogP contribution in [0.5, 0.6) is 0 Å². The third kappa shape index (κ3) is 4.46. The van der Waals surface area contributed by atoms with Crippen molar-refractivity contribution in [3.63, 3.8) is 0 Å². The maximum atomic E-state index is 13.5. The van der Waals surface area contributed by atoms with E-state index in [1.807, 2.05) is 6.07 Å². The zero-order valence-electron chi connectivity index (χ0n) is 17.4. The molecular formula is C23H24N4O5. The number of nitro groups is 1. The molecule has 9 nitrogen and oxygen atoms in total. The highest BCUT2D eigenvalue weighted by atomic mass is 16.6. The maximum absolute atomic E-state index is 13.5. The van der Waals surface area contributed by atoms with Gasteiger partial charge in [0.15, 0.2) is 0 Å². The molecule has 32 heavy (non-hydrogen) atoms. The number of fused-ring (bicyclic) bond motifs is 1. The molecular weight excluding hydrogens is 412 g/mol. The summed E-state index contributed by atoms with van der Waals surface area (Å²) in [5.41, 5.74) is 0.743. The summed E-state index contributed by atoms with van der Waals surface area (Å²) in [6.45, 7) is 0. The number of hydrogen-bond donors (Lipinski definition) is 2. The van der Waals surface area contributed by atoms with Gasteiger partial charge in [0.05, 0.1) is 17.4 Å². The van der Waals surface area contributed by atoms with E-state index in [1.165, 1.54) is 29.2 Å². The molecule has 1 aliphatic heterocycles. The summed E-state index contributed by atoms with van der Waals surface area (Å²) >= 11 is 0. The number of hydrogen-bond acceptors (Lipinski definition) is 5. The number of piperazine rings is 1. The Morgan fingerprint density at radius 3 is 2.44 bits per heavy atom. The molecule has 0 spiro atoms. The van der Waals surface area contributed by atoms with Gasteiger partial charge >= 0.3 is 0 Å². The van der Waals surface area contributed by atoms with Crippen LogP contribution in [-0.2, 0) is 9.59 Å². The molecule has 166 valence electrons. The summed E-state index contributed by atoms with van der Waals surface area (Å²) in [4.78, 5) is 51.1. The van der Waals surface area contributed by atoms with E-state index >= 15 is 0 Å². The Bertz CT molecular complexity index is 1020. The van der Waals surface area contributed by atoms with E-state index in [2.05, 4.69) is 10.6 Å². The molecule has 1 aliphatic carbocycles. The molecule has 3 atom stereocenters. The normalized spacial score (nSPS) is 22.4. The van der Waals surface area contributed by atoms with E-state index in [1.54, 1.807) is 24.3 Å². The molecule has 0 unspecified atom stereocenters. The average molecular weight is 436 g/mol. The largest absolute Gasteiger partial charge is 0.349 e. The first-order valence-corrected chi connectivity index (χ1v) is 10.7. The summed E-state index contributed by atoms with van der Waals surface area (Å²) in [5.74, 6) is -1.12. The number of nitrogens with one attached hydrogen (secondary N) is 2. The zero-order chi connectivity index (χ0) is 22.7. The number of anilines is 1. The van der Waals surface area contributed by atoms with Crippen molar-refractivity contribution in [1.82, 2.24) is 10.2 Å².